The molecule has 0 aliphatic heterocycles. The first kappa shape index (κ1) is 27.0. The van der Waals surface area contributed by atoms with E-state index < -0.39 is 26.8 Å². The van der Waals surface area contributed by atoms with Gasteiger partial charge >= 0.3 is 16.3 Å². The molecular weight excluding hydrogens is 491 g/mol. The third-order valence-electron chi connectivity index (χ3n) is 5.04. The van der Waals surface area contributed by atoms with Crippen molar-refractivity contribution in [2.75, 3.05) is 6.54 Å². The summed E-state index contributed by atoms with van der Waals surface area (Å²) in [5.74, 6) is -0.100. The summed E-state index contributed by atoms with van der Waals surface area (Å²) in [4.78, 5) is 13.9. The highest BCUT2D eigenvalue weighted by Gasteiger charge is 2.32. The number of amides is 1. The number of carbonyl (C=O) groups excluding carboxylic acids is 1. The van der Waals surface area contributed by atoms with Crippen molar-refractivity contribution in [2.45, 2.75) is 31.5 Å². The fourth-order valence-corrected chi connectivity index (χ4v) is 4.40. The monoisotopic (exact) mass is 517 g/mol. The van der Waals surface area contributed by atoms with E-state index in [9.17, 15) is 26.4 Å². The first-order valence-electron chi connectivity index (χ1n) is 11.2. The molecule has 3 aromatic rings. The highest BCUT2D eigenvalue weighted by molar-refractivity contribution is 7.87. The highest BCUT2D eigenvalue weighted by atomic mass is 32.2. The normalized spacial score (nSPS) is 12.2. The topological polar surface area (TPSA) is 63.7 Å². The number of hydrogen-bond acceptors (Lipinski definition) is 4. The Morgan fingerprint density at radius 3 is 2.33 bits per heavy atom. The van der Waals surface area contributed by atoms with E-state index >= 15 is 0 Å². The summed E-state index contributed by atoms with van der Waals surface area (Å²) in [6, 6.07) is 18.8. The van der Waals surface area contributed by atoms with Crippen LogP contribution >= 0.6 is 0 Å². The summed E-state index contributed by atoms with van der Waals surface area (Å²) in [6.07, 6.45) is -1.49. The second-order valence-corrected chi connectivity index (χ2v) is 10.1. The standard InChI is InChI=1S/C27H26F3NO4S/c1-20(2)18-31(26(32)15-14-21-8-4-3-5-9-21)19-22-10-6-12-24(16-22)35-36(33,34)25-13-7-11-23(17-25)27(28,29)30/h3-17,20H,18-19H2,1-2H3/b15-14+. The van der Waals surface area contributed by atoms with Crippen molar-refractivity contribution in [3.8, 4) is 5.75 Å². The molecule has 36 heavy (non-hydrogen) atoms. The number of halogens is 3. The summed E-state index contributed by atoms with van der Waals surface area (Å²) in [5, 5.41) is 0. The van der Waals surface area contributed by atoms with Crippen molar-refractivity contribution in [1.29, 1.82) is 0 Å². The second kappa shape index (κ2) is 11.4. The van der Waals surface area contributed by atoms with Gasteiger partial charge in [-0.2, -0.15) is 21.6 Å². The molecule has 0 spiro atoms. The lowest BCUT2D eigenvalue weighted by molar-refractivity contribution is -0.137. The summed E-state index contributed by atoms with van der Waals surface area (Å²) < 4.78 is 69.3. The minimum atomic E-state index is -4.69. The lowest BCUT2D eigenvalue weighted by Crippen LogP contribution is -2.32. The zero-order valence-corrected chi connectivity index (χ0v) is 20.6. The SMILES string of the molecule is CC(C)CN(Cc1cccc(OS(=O)(=O)c2cccc(C(F)(F)F)c2)c1)C(=O)/C=C/c1ccccc1. The Kier molecular flexibility index (Phi) is 8.57. The molecule has 0 aliphatic rings. The number of nitrogens with zero attached hydrogens (tertiary/aromatic N) is 1. The van der Waals surface area contributed by atoms with Crippen LogP contribution in [0.25, 0.3) is 6.08 Å². The Morgan fingerprint density at radius 2 is 1.67 bits per heavy atom. The molecule has 0 bridgehead atoms. The molecule has 0 heterocycles. The summed E-state index contributed by atoms with van der Waals surface area (Å²) >= 11 is 0. The molecule has 1 amide bonds. The van der Waals surface area contributed by atoms with Crippen LogP contribution in [0.4, 0.5) is 13.2 Å². The number of hydrogen-bond donors (Lipinski definition) is 0. The van der Waals surface area contributed by atoms with Crippen LogP contribution in [0.1, 0.15) is 30.5 Å². The van der Waals surface area contributed by atoms with E-state index in [4.69, 9.17) is 4.18 Å². The van der Waals surface area contributed by atoms with Crippen molar-refractivity contribution >= 4 is 22.1 Å². The number of alkyl halides is 3. The molecule has 0 atom stereocenters. The Labute approximate surface area is 209 Å². The van der Waals surface area contributed by atoms with Gasteiger partial charge in [0.1, 0.15) is 10.6 Å². The molecule has 190 valence electrons. The van der Waals surface area contributed by atoms with E-state index in [1.165, 1.54) is 18.2 Å². The van der Waals surface area contributed by atoms with Gasteiger partial charge in [0.15, 0.2) is 0 Å². The van der Waals surface area contributed by atoms with Gasteiger partial charge < -0.3 is 9.08 Å². The zero-order chi connectivity index (χ0) is 26.3. The largest absolute Gasteiger partial charge is 0.416 e. The maximum absolute atomic E-state index is 13.0. The zero-order valence-electron chi connectivity index (χ0n) is 19.8. The fraction of sp³-hybridized carbons (Fsp3) is 0.222. The van der Waals surface area contributed by atoms with Crippen LogP contribution in [-0.2, 0) is 27.6 Å². The smallest absolute Gasteiger partial charge is 0.379 e. The predicted octanol–water partition coefficient (Wildman–Crippen LogP) is 6.17. The molecule has 3 rings (SSSR count). The molecular formula is C27H26F3NO4S. The van der Waals surface area contributed by atoms with E-state index in [1.807, 2.05) is 44.2 Å². The van der Waals surface area contributed by atoms with Crippen molar-refractivity contribution in [3.63, 3.8) is 0 Å². The van der Waals surface area contributed by atoms with Gasteiger partial charge in [-0.3, -0.25) is 4.79 Å². The van der Waals surface area contributed by atoms with Gasteiger partial charge in [-0.05, 0) is 53.5 Å². The van der Waals surface area contributed by atoms with E-state index in [0.29, 0.717) is 18.2 Å². The number of carbonyl (C=O) groups is 1. The van der Waals surface area contributed by atoms with Crippen LogP contribution in [0.5, 0.6) is 5.75 Å². The average Bonchev–Trinajstić information content (AvgIpc) is 2.82. The highest BCUT2D eigenvalue weighted by Crippen LogP contribution is 2.31. The molecule has 0 saturated carbocycles. The van der Waals surface area contributed by atoms with Crippen molar-refractivity contribution < 1.29 is 30.6 Å². The third kappa shape index (κ3) is 7.71. The molecule has 0 saturated heterocycles. The van der Waals surface area contributed by atoms with Gasteiger partial charge in [0.25, 0.3) is 0 Å². The van der Waals surface area contributed by atoms with Crippen LogP contribution in [-0.4, -0.2) is 25.8 Å². The van der Waals surface area contributed by atoms with Crippen LogP contribution in [0.3, 0.4) is 0 Å². The lowest BCUT2D eigenvalue weighted by Gasteiger charge is -2.23. The molecule has 9 heteroatoms. The first-order chi connectivity index (χ1) is 16.9. The third-order valence-corrected chi connectivity index (χ3v) is 6.29. The molecule has 0 unspecified atom stereocenters. The van der Waals surface area contributed by atoms with E-state index in [2.05, 4.69) is 0 Å². The maximum Gasteiger partial charge on any atom is 0.416 e. The number of rotatable bonds is 9. The van der Waals surface area contributed by atoms with Gasteiger partial charge in [-0.15, -0.1) is 0 Å². The van der Waals surface area contributed by atoms with Crippen molar-refractivity contribution in [1.82, 2.24) is 4.90 Å². The summed E-state index contributed by atoms with van der Waals surface area (Å²) in [5.41, 5.74) is 0.395. The van der Waals surface area contributed by atoms with Crippen LogP contribution in [0, 0.1) is 5.92 Å². The Bertz CT molecular complexity index is 1320. The first-order valence-corrected chi connectivity index (χ1v) is 12.6. The Morgan fingerprint density at radius 1 is 0.972 bits per heavy atom. The van der Waals surface area contributed by atoms with E-state index in [0.717, 1.165) is 23.8 Å². The van der Waals surface area contributed by atoms with Gasteiger partial charge in [0.05, 0.1) is 5.56 Å². The molecule has 3 aromatic carbocycles. The maximum atomic E-state index is 13.0. The second-order valence-electron chi connectivity index (χ2n) is 8.57. The Hall–Kier alpha value is -3.59. The van der Waals surface area contributed by atoms with Crippen molar-refractivity contribution in [3.05, 3.63) is 102 Å². The molecule has 0 aromatic heterocycles. The van der Waals surface area contributed by atoms with Gasteiger partial charge in [-0.1, -0.05) is 62.4 Å². The van der Waals surface area contributed by atoms with E-state index in [-0.39, 0.29) is 24.1 Å². The van der Waals surface area contributed by atoms with Crippen LogP contribution in [0.2, 0.25) is 0 Å². The van der Waals surface area contributed by atoms with E-state index in [1.54, 1.807) is 23.1 Å². The molecule has 0 aliphatic carbocycles. The molecule has 0 N–H and O–H groups in total. The summed E-state index contributed by atoms with van der Waals surface area (Å²) in [7, 11) is -4.51. The lowest BCUT2D eigenvalue weighted by atomic mass is 10.1. The van der Waals surface area contributed by atoms with Gasteiger partial charge in [0, 0.05) is 19.2 Å². The minimum Gasteiger partial charge on any atom is -0.379 e. The minimum absolute atomic E-state index is 0.0679. The quantitative estimate of drug-likeness (QED) is 0.252. The predicted molar refractivity (Wildman–Crippen MR) is 131 cm³/mol. The van der Waals surface area contributed by atoms with Crippen molar-refractivity contribution in [2.24, 2.45) is 5.92 Å². The van der Waals surface area contributed by atoms with Gasteiger partial charge in [0.2, 0.25) is 5.91 Å². The summed E-state index contributed by atoms with van der Waals surface area (Å²) in [6.45, 7) is 4.60. The van der Waals surface area contributed by atoms with Crippen LogP contribution < -0.4 is 4.18 Å². The fourth-order valence-electron chi connectivity index (χ4n) is 3.43. The van der Waals surface area contributed by atoms with Crippen LogP contribution in [0.15, 0.2) is 89.8 Å². The molecule has 5 nitrogen and oxygen atoms in total. The molecule has 0 fully saturated rings. The Balaban J connectivity index is 1.78. The number of benzene rings is 3. The van der Waals surface area contributed by atoms with Gasteiger partial charge in [-0.25, -0.2) is 0 Å². The molecule has 0 radical (unpaired) electrons. The average molecular weight is 518 g/mol.